The van der Waals surface area contributed by atoms with Crippen LogP contribution in [0.25, 0.3) is 0 Å². The van der Waals surface area contributed by atoms with Crippen molar-refractivity contribution in [3.8, 4) is 0 Å². The Morgan fingerprint density at radius 3 is 2.82 bits per heavy atom. The number of aliphatic hydroxyl groups is 2. The average molecular weight is 160 g/mol. The molecular formula is C7H12O4. The number of methoxy groups -OCH3 is 1. The molecule has 64 valence electrons. The summed E-state index contributed by atoms with van der Waals surface area (Å²) in [5.41, 5.74) is 0. The van der Waals surface area contributed by atoms with Crippen molar-refractivity contribution in [2.24, 2.45) is 0 Å². The summed E-state index contributed by atoms with van der Waals surface area (Å²) in [6.45, 7) is -0.203. The van der Waals surface area contributed by atoms with Crippen molar-refractivity contribution in [3.63, 3.8) is 0 Å². The first-order valence-electron chi connectivity index (χ1n) is 3.43. The van der Waals surface area contributed by atoms with Gasteiger partial charge < -0.3 is 19.7 Å². The van der Waals surface area contributed by atoms with E-state index in [2.05, 4.69) is 0 Å². The predicted octanol–water partition coefficient (Wildman–Crippen LogP) is -0.733. The molecule has 0 aliphatic carbocycles. The lowest BCUT2D eigenvalue weighted by Crippen LogP contribution is -2.38. The zero-order valence-corrected chi connectivity index (χ0v) is 6.30. The Labute approximate surface area is 65.0 Å². The van der Waals surface area contributed by atoms with Gasteiger partial charge in [-0.05, 0) is 6.08 Å². The molecular weight excluding hydrogens is 148 g/mol. The first-order chi connectivity index (χ1) is 5.27. The van der Waals surface area contributed by atoms with Gasteiger partial charge in [-0.15, -0.1) is 0 Å². The van der Waals surface area contributed by atoms with Crippen LogP contribution in [0.3, 0.4) is 0 Å². The van der Waals surface area contributed by atoms with Crippen LogP contribution >= 0.6 is 0 Å². The third kappa shape index (κ3) is 2.00. The van der Waals surface area contributed by atoms with Crippen LogP contribution in [0.1, 0.15) is 0 Å². The second-order valence-corrected chi connectivity index (χ2v) is 2.34. The molecule has 0 aromatic heterocycles. The van der Waals surface area contributed by atoms with E-state index in [1.165, 1.54) is 7.11 Å². The molecule has 11 heavy (non-hydrogen) atoms. The molecule has 0 saturated carbocycles. The average Bonchev–Trinajstić information content (AvgIpc) is 2.05. The molecule has 0 saturated heterocycles. The fraction of sp³-hybridized carbons (Fsp3) is 0.714. The summed E-state index contributed by atoms with van der Waals surface area (Å²) in [5, 5.41) is 17.9. The highest BCUT2D eigenvalue weighted by Crippen LogP contribution is 2.12. The summed E-state index contributed by atoms with van der Waals surface area (Å²) < 4.78 is 9.93. The summed E-state index contributed by atoms with van der Waals surface area (Å²) in [4.78, 5) is 0. The maximum absolute atomic E-state index is 9.15. The van der Waals surface area contributed by atoms with E-state index in [0.29, 0.717) is 0 Å². The molecule has 2 N–H and O–H groups in total. The van der Waals surface area contributed by atoms with Gasteiger partial charge in [0.1, 0.15) is 12.2 Å². The van der Waals surface area contributed by atoms with E-state index >= 15 is 0 Å². The molecule has 4 nitrogen and oxygen atoms in total. The van der Waals surface area contributed by atoms with Crippen LogP contribution < -0.4 is 0 Å². The van der Waals surface area contributed by atoms with Crippen LogP contribution in [-0.4, -0.2) is 42.4 Å². The molecule has 0 spiro atoms. The summed E-state index contributed by atoms with van der Waals surface area (Å²) in [6, 6.07) is 0. The maximum atomic E-state index is 9.15. The van der Waals surface area contributed by atoms with Crippen LogP contribution in [0.5, 0.6) is 0 Å². The standard InChI is InChI=1S/C7H12O4/c1-10-7-3-2-5(9)6(4-8)11-7/h2-3,5-9H,4H2,1H3/t5-,6-,7-/m0/s1. The van der Waals surface area contributed by atoms with E-state index in [1.54, 1.807) is 12.2 Å². The molecule has 0 radical (unpaired) electrons. The minimum Gasteiger partial charge on any atom is -0.394 e. The van der Waals surface area contributed by atoms with Gasteiger partial charge in [0.15, 0.2) is 6.29 Å². The summed E-state index contributed by atoms with van der Waals surface area (Å²) in [5.74, 6) is 0. The van der Waals surface area contributed by atoms with Crippen LogP contribution in [0.15, 0.2) is 12.2 Å². The Kier molecular flexibility index (Phi) is 3.02. The second-order valence-electron chi connectivity index (χ2n) is 2.34. The smallest absolute Gasteiger partial charge is 0.177 e. The molecule has 3 atom stereocenters. The zero-order valence-electron chi connectivity index (χ0n) is 6.30. The van der Waals surface area contributed by atoms with Gasteiger partial charge in [-0.3, -0.25) is 0 Å². The SMILES string of the molecule is CO[C@@H]1C=C[C@H](O)[C@H](CO)O1. The lowest BCUT2D eigenvalue weighted by Gasteiger charge is -2.27. The van der Waals surface area contributed by atoms with E-state index in [1.807, 2.05) is 0 Å². The van der Waals surface area contributed by atoms with Gasteiger partial charge in [0.25, 0.3) is 0 Å². The van der Waals surface area contributed by atoms with E-state index < -0.39 is 18.5 Å². The second kappa shape index (κ2) is 3.82. The zero-order chi connectivity index (χ0) is 8.27. The normalized spacial score (nSPS) is 37.5. The first-order valence-corrected chi connectivity index (χ1v) is 3.43. The third-order valence-electron chi connectivity index (χ3n) is 1.57. The minimum atomic E-state index is -0.730. The Morgan fingerprint density at radius 1 is 1.55 bits per heavy atom. The van der Waals surface area contributed by atoms with Crippen molar-refractivity contribution in [2.75, 3.05) is 13.7 Å². The highest BCUT2D eigenvalue weighted by molar-refractivity contribution is 4.99. The maximum Gasteiger partial charge on any atom is 0.177 e. The van der Waals surface area contributed by atoms with Crippen molar-refractivity contribution in [3.05, 3.63) is 12.2 Å². The highest BCUT2D eigenvalue weighted by atomic mass is 16.7. The van der Waals surface area contributed by atoms with E-state index in [0.717, 1.165) is 0 Å². The van der Waals surface area contributed by atoms with Crippen LogP contribution in [0.4, 0.5) is 0 Å². The lowest BCUT2D eigenvalue weighted by atomic mass is 10.1. The molecule has 0 unspecified atom stereocenters. The van der Waals surface area contributed by atoms with Gasteiger partial charge in [-0.2, -0.15) is 0 Å². The number of aliphatic hydroxyl groups excluding tert-OH is 2. The third-order valence-corrected chi connectivity index (χ3v) is 1.57. The van der Waals surface area contributed by atoms with E-state index in [4.69, 9.17) is 19.7 Å². The number of ether oxygens (including phenoxy) is 2. The van der Waals surface area contributed by atoms with Gasteiger partial charge in [-0.1, -0.05) is 6.08 Å². The number of hydrogen-bond acceptors (Lipinski definition) is 4. The van der Waals surface area contributed by atoms with Crippen molar-refractivity contribution in [1.29, 1.82) is 0 Å². The molecule has 0 aromatic rings. The minimum absolute atomic E-state index is 0.203. The summed E-state index contributed by atoms with van der Waals surface area (Å²) >= 11 is 0. The van der Waals surface area contributed by atoms with Crippen LogP contribution in [0, 0.1) is 0 Å². The molecule has 0 bridgehead atoms. The molecule has 0 aromatic carbocycles. The molecule has 0 fully saturated rings. The van der Waals surface area contributed by atoms with Gasteiger partial charge in [0.2, 0.25) is 0 Å². The number of hydrogen-bond donors (Lipinski definition) is 2. The topological polar surface area (TPSA) is 58.9 Å². The predicted molar refractivity (Wildman–Crippen MR) is 37.9 cm³/mol. The summed E-state index contributed by atoms with van der Waals surface area (Å²) in [6.07, 6.45) is 1.42. The van der Waals surface area contributed by atoms with Crippen molar-refractivity contribution >= 4 is 0 Å². The monoisotopic (exact) mass is 160 g/mol. The van der Waals surface area contributed by atoms with Gasteiger partial charge in [0.05, 0.1) is 6.61 Å². The Morgan fingerprint density at radius 2 is 2.27 bits per heavy atom. The van der Waals surface area contributed by atoms with Crippen LogP contribution in [-0.2, 0) is 9.47 Å². The molecule has 1 aliphatic heterocycles. The highest BCUT2D eigenvalue weighted by Gasteiger charge is 2.24. The van der Waals surface area contributed by atoms with Crippen molar-refractivity contribution < 1.29 is 19.7 Å². The fourth-order valence-electron chi connectivity index (χ4n) is 0.912. The van der Waals surface area contributed by atoms with Gasteiger partial charge >= 0.3 is 0 Å². The largest absolute Gasteiger partial charge is 0.394 e. The molecule has 1 aliphatic rings. The van der Waals surface area contributed by atoms with Gasteiger partial charge in [0, 0.05) is 7.11 Å². The number of rotatable bonds is 2. The quantitative estimate of drug-likeness (QED) is 0.523. The molecule has 4 heteroatoms. The van der Waals surface area contributed by atoms with Gasteiger partial charge in [-0.25, -0.2) is 0 Å². The fourth-order valence-corrected chi connectivity index (χ4v) is 0.912. The Bertz CT molecular complexity index is 145. The molecule has 1 heterocycles. The van der Waals surface area contributed by atoms with Crippen molar-refractivity contribution in [2.45, 2.75) is 18.5 Å². The van der Waals surface area contributed by atoms with E-state index in [9.17, 15) is 0 Å². The summed E-state index contributed by atoms with van der Waals surface area (Å²) in [7, 11) is 1.50. The Balaban J connectivity index is 2.52. The molecule has 0 amide bonds. The lowest BCUT2D eigenvalue weighted by molar-refractivity contribution is -0.168. The van der Waals surface area contributed by atoms with Crippen LogP contribution in [0.2, 0.25) is 0 Å². The molecule has 1 rings (SSSR count). The van der Waals surface area contributed by atoms with E-state index in [-0.39, 0.29) is 6.61 Å². The Hall–Kier alpha value is -0.420. The first kappa shape index (κ1) is 8.67. The van der Waals surface area contributed by atoms with Crippen molar-refractivity contribution in [1.82, 2.24) is 0 Å².